The normalized spacial score (nSPS) is 16.1. The maximum atomic E-state index is 9.86. The fourth-order valence-corrected chi connectivity index (χ4v) is 1.49. The molecule has 2 heteroatoms. The van der Waals surface area contributed by atoms with E-state index in [1.165, 1.54) is 5.56 Å². The first kappa shape index (κ1) is 12.2. The second-order valence-electron chi connectivity index (χ2n) is 5.18. The van der Waals surface area contributed by atoms with E-state index in [4.69, 9.17) is 5.73 Å². The molecule has 0 aromatic heterocycles. The first-order valence-electron chi connectivity index (χ1n) is 5.36. The summed E-state index contributed by atoms with van der Waals surface area (Å²) >= 11 is 0. The van der Waals surface area contributed by atoms with E-state index in [1.54, 1.807) is 0 Å². The highest BCUT2D eigenvalue weighted by Gasteiger charge is 2.17. The minimum absolute atomic E-state index is 0.105. The Bertz CT molecular complexity index is 326. The van der Waals surface area contributed by atoms with E-state index < -0.39 is 6.10 Å². The maximum absolute atomic E-state index is 9.86. The lowest BCUT2D eigenvalue weighted by molar-refractivity contribution is 0.153. The molecule has 2 atom stereocenters. The fraction of sp³-hybridized carbons (Fsp3) is 0.538. The molecule has 0 aliphatic rings. The Morgan fingerprint density at radius 3 is 2.33 bits per heavy atom. The van der Waals surface area contributed by atoms with Crippen LogP contribution in [0, 0.1) is 0 Å². The van der Waals surface area contributed by atoms with Crippen molar-refractivity contribution >= 4 is 0 Å². The molecule has 1 aromatic carbocycles. The zero-order chi connectivity index (χ0) is 11.6. The SMILES string of the molecule is C[C@H](N)[C@H](O)c1cccc(C(C)(C)C)c1. The number of rotatable bonds is 2. The molecule has 0 unspecified atom stereocenters. The molecule has 0 saturated carbocycles. The number of hydrogen-bond donors (Lipinski definition) is 2. The zero-order valence-electron chi connectivity index (χ0n) is 9.99. The third-order valence-electron chi connectivity index (χ3n) is 2.59. The molecule has 0 aliphatic carbocycles. The van der Waals surface area contributed by atoms with Crippen molar-refractivity contribution in [2.24, 2.45) is 5.73 Å². The third kappa shape index (κ3) is 3.05. The Morgan fingerprint density at radius 1 is 1.27 bits per heavy atom. The van der Waals surface area contributed by atoms with Crippen molar-refractivity contribution in [3.63, 3.8) is 0 Å². The molecule has 0 saturated heterocycles. The molecule has 0 heterocycles. The maximum Gasteiger partial charge on any atom is 0.0938 e. The third-order valence-corrected chi connectivity index (χ3v) is 2.59. The van der Waals surface area contributed by atoms with Crippen molar-refractivity contribution in [2.45, 2.75) is 45.3 Å². The van der Waals surface area contributed by atoms with Gasteiger partial charge < -0.3 is 10.8 Å². The van der Waals surface area contributed by atoms with Gasteiger partial charge in [0, 0.05) is 6.04 Å². The van der Waals surface area contributed by atoms with E-state index in [-0.39, 0.29) is 11.5 Å². The van der Waals surface area contributed by atoms with Crippen LogP contribution in [0.5, 0.6) is 0 Å². The summed E-state index contributed by atoms with van der Waals surface area (Å²) in [5.41, 5.74) is 7.90. The van der Waals surface area contributed by atoms with E-state index in [2.05, 4.69) is 26.8 Å². The van der Waals surface area contributed by atoms with Gasteiger partial charge in [-0.25, -0.2) is 0 Å². The van der Waals surface area contributed by atoms with E-state index in [0.717, 1.165) is 5.56 Å². The number of aliphatic hydroxyl groups is 1. The van der Waals surface area contributed by atoms with Crippen LogP contribution in [-0.4, -0.2) is 11.1 Å². The highest BCUT2D eigenvalue weighted by molar-refractivity contribution is 5.30. The number of nitrogens with two attached hydrogens (primary N) is 1. The van der Waals surface area contributed by atoms with E-state index >= 15 is 0 Å². The van der Waals surface area contributed by atoms with Crippen LogP contribution in [0.4, 0.5) is 0 Å². The summed E-state index contributed by atoms with van der Waals surface area (Å²) in [5, 5.41) is 9.86. The van der Waals surface area contributed by atoms with E-state index in [0.29, 0.717) is 0 Å². The smallest absolute Gasteiger partial charge is 0.0938 e. The molecule has 0 aliphatic heterocycles. The van der Waals surface area contributed by atoms with Gasteiger partial charge in [-0.05, 0) is 23.5 Å². The van der Waals surface area contributed by atoms with Crippen LogP contribution in [0.3, 0.4) is 0 Å². The first-order valence-corrected chi connectivity index (χ1v) is 5.36. The predicted molar refractivity (Wildman–Crippen MR) is 63.8 cm³/mol. The van der Waals surface area contributed by atoms with Crippen molar-refractivity contribution in [3.05, 3.63) is 35.4 Å². The molecule has 0 spiro atoms. The van der Waals surface area contributed by atoms with Crippen LogP contribution < -0.4 is 5.73 Å². The van der Waals surface area contributed by atoms with Crippen molar-refractivity contribution in [1.29, 1.82) is 0 Å². The zero-order valence-corrected chi connectivity index (χ0v) is 9.99. The van der Waals surface area contributed by atoms with Gasteiger partial charge in [-0.2, -0.15) is 0 Å². The molecule has 1 rings (SSSR count). The molecule has 1 aromatic rings. The van der Waals surface area contributed by atoms with Gasteiger partial charge in [0.05, 0.1) is 6.10 Å². The fourth-order valence-electron chi connectivity index (χ4n) is 1.49. The second-order valence-corrected chi connectivity index (χ2v) is 5.18. The van der Waals surface area contributed by atoms with Crippen molar-refractivity contribution in [3.8, 4) is 0 Å². The van der Waals surface area contributed by atoms with Crippen molar-refractivity contribution in [1.82, 2.24) is 0 Å². The summed E-state index contributed by atoms with van der Waals surface area (Å²) in [6, 6.07) is 7.77. The molecule has 84 valence electrons. The van der Waals surface area contributed by atoms with Crippen LogP contribution in [0.2, 0.25) is 0 Å². The molecular formula is C13H21NO. The predicted octanol–water partition coefficient (Wildman–Crippen LogP) is 2.36. The Morgan fingerprint density at radius 2 is 1.87 bits per heavy atom. The molecule has 0 amide bonds. The van der Waals surface area contributed by atoms with Gasteiger partial charge in [0.15, 0.2) is 0 Å². The summed E-state index contributed by atoms with van der Waals surface area (Å²) in [7, 11) is 0. The number of hydrogen-bond acceptors (Lipinski definition) is 2. The molecule has 15 heavy (non-hydrogen) atoms. The van der Waals surface area contributed by atoms with Crippen LogP contribution in [0.15, 0.2) is 24.3 Å². The second kappa shape index (κ2) is 4.33. The lowest BCUT2D eigenvalue weighted by Gasteiger charge is -2.22. The molecular weight excluding hydrogens is 186 g/mol. The molecule has 0 bridgehead atoms. The quantitative estimate of drug-likeness (QED) is 0.782. The number of benzene rings is 1. The van der Waals surface area contributed by atoms with Gasteiger partial charge in [-0.1, -0.05) is 45.0 Å². The summed E-state index contributed by atoms with van der Waals surface area (Å²) in [4.78, 5) is 0. The van der Waals surface area contributed by atoms with Crippen LogP contribution in [-0.2, 0) is 5.41 Å². The largest absolute Gasteiger partial charge is 0.387 e. The molecule has 2 nitrogen and oxygen atoms in total. The molecule has 3 N–H and O–H groups in total. The summed E-state index contributed by atoms with van der Waals surface area (Å²) in [6.45, 7) is 8.29. The number of aliphatic hydroxyl groups excluding tert-OH is 1. The molecule has 0 radical (unpaired) electrons. The van der Waals surface area contributed by atoms with Crippen LogP contribution in [0.1, 0.15) is 44.9 Å². The summed E-state index contributed by atoms with van der Waals surface area (Å²) in [6.07, 6.45) is -0.577. The van der Waals surface area contributed by atoms with Crippen molar-refractivity contribution < 1.29 is 5.11 Å². The van der Waals surface area contributed by atoms with Crippen LogP contribution in [0.25, 0.3) is 0 Å². The Balaban J connectivity index is 3.03. The summed E-state index contributed by atoms with van der Waals surface area (Å²) < 4.78 is 0. The lowest BCUT2D eigenvalue weighted by atomic mass is 9.85. The molecule has 0 fully saturated rings. The van der Waals surface area contributed by atoms with Gasteiger partial charge in [0.25, 0.3) is 0 Å². The van der Waals surface area contributed by atoms with Crippen molar-refractivity contribution in [2.75, 3.05) is 0 Å². The average Bonchev–Trinajstić information content (AvgIpc) is 2.15. The summed E-state index contributed by atoms with van der Waals surface area (Å²) in [5.74, 6) is 0. The van der Waals surface area contributed by atoms with Gasteiger partial charge in [-0.3, -0.25) is 0 Å². The minimum Gasteiger partial charge on any atom is -0.387 e. The lowest BCUT2D eigenvalue weighted by Crippen LogP contribution is -2.24. The van der Waals surface area contributed by atoms with Crippen LogP contribution >= 0.6 is 0 Å². The Labute approximate surface area is 92.1 Å². The van der Waals surface area contributed by atoms with Gasteiger partial charge in [0.2, 0.25) is 0 Å². The Kier molecular flexibility index (Phi) is 3.53. The topological polar surface area (TPSA) is 46.2 Å². The highest BCUT2D eigenvalue weighted by atomic mass is 16.3. The van der Waals surface area contributed by atoms with Gasteiger partial charge >= 0.3 is 0 Å². The van der Waals surface area contributed by atoms with E-state index in [1.807, 2.05) is 25.1 Å². The first-order chi connectivity index (χ1) is 6.82. The monoisotopic (exact) mass is 207 g/mol. The average molecular weight is 207 g/mol. The Hall–Kier alpha value is -0.860. The minimum atomic E-state index is -0.577. The van der Waals surface area contributed by atoms with E-state index in [9.17, 15) is 5.11 Å². The standard InChI is InChI=1S/C13H21NO/c1-9(14)12(15)10-6-5-7-11(8-10)13(2,3)4/h5-9,12,15H,14H2,1-4H3/t9-,12-/m0/s1. The van der Waals surface area contributed by atoms with Gasteiger partial charge in [-0.15, -0.1) is 0 Å². The highest BCUT2D eigenvalue weighted by Crippen LogP contribution is 2.25. The van der Waals surface area contributed by atoms with Gasteiger partial charge in [0.1, 0.15) is 0 Å².